The predicted molar refractivity (Wildman–Crippen MR) is 85.1 cm³/mol. The zero-order valence-electron chi connectivity index (χ0n) is 11.7. The maximum Gasteiger partial charge on any atom is 0.228 e. The largest absolute Gasteiger partial charge is 0.383 e. The van der Waals surface area contributed by atoms with Crippen LogP contribution < -0.4 is 10.7 Å². The zero-order chi connectivity index (χ0) is 14.7. The van der Waals surface area contributed by atoms with E-state index in [1.807, 2.05) is 18.2 Å². The minimum absolute atomic E-state index is 0.0489. The number of hydrogen-bond donors (Lipinski definition) is 2. The van der Waals surface area contributed by atoms with Crippen LogP contribution in [-0.4, -0.2) is 42.8 Å². The van der Waals surface area contributed by atoms with Gasteiger partial charge in [-0.25, -0.2) is 0 Å². The number of methoxy groups -OCH3 is 1. The molecule has 0 spiro atoms. The van der Waals surface area contributed by atoms with E-state index in [1.54, 1.807) is 18.9 Å². The number of amidine groups is 1. The Balaban J connectivity index is 1.70. The Bertz CT molecular complexity index is 627. The van der Waals surface area contributed by atoms with Crippen molar-refractivity contribution < 1.29 is 9.53 Å². The Morgan fingerprint density at radius 2 is 2.38 bits per heavy atom. The van der Waals surface area contributed by atoms with Crippen molar-refractivity contribution in [2.75, 3.05) is 31.3 Å². The Labute approximate surface area is 127 Å². The molecule has 0 aromatic heterocycles. The van der Waals surface area contributed by atoms with Crippen molar-refractivity contribution >= 4 is 34.2 Å². The van der Waals surface area contributed by atoms with E-state index in [9.17, 15) is 4.79 Å². The summed E-state index contributed by atoms with van der Waals surface area (Å²) < 4.78 is 4.96. The van der Waals surface area contributed by atoms with Gasteiger partial charge in [0, 0.05) is 24.1 Å². The third kappa shape index (κ3) is 3.25. The third-order valence-corrected chi connectivity index (χ3v) is 4.16. The van der Waals surface area contributed by atoms with E-state index in [4.69, 9.17) is 4.74 Å². The second kappa shape index (κ2) is 6.28. The molecule has 1 amide bonds. The molecule has 1 aromatic rings. The van der Waals surface area contributed by atoms with Crippen LogP contribution in [-0.2, 0) is 16.0 Å². The van der Waals surface area contributed by atoms with Gasteiger partial charge in [-0.3, -0.25) is 15.2 Å². The fourth-order valence-corrected chi connectivity index (χ4v) is 2.98. The van der Waals surface area contributed by atoms with Gasteiger partial charge in [-0.05, 0) is 11.6 Å². The first-order valence-corrected chi connectivity index (χ1v) is 7.67. The first-order valence-electron chi connectivity index (χ1n) is 6.68. The minimum atomic E-state index is 0.0489. The van der Waals surface area contributed by atoms with Crippen LogP contribution >= 0.6 is 11.8 Å². The molecule has 3 rings (SSSR count). The van der Waals surface area contributed by atoms with Crippen molar-refractivity contribution in [2.24, 2.45) is 10.1 Å². The standard InChI is InChI=1S/C14H16N4O2S/c1-20-5-4-15-14-18-17-12(8-21-14)9-2-3-10-7-13(19)16-11(10)6-9/h2-3,6H,4-5,7-8H2,1H3,(H,15,18)(H,16,19). The predicted octanol–water partition coefficient (Wildman–Crippen LogP) is 1.22. The highest BCUT2D eigenvalue weighted by Crippen LogP contribution is 2.25. The number of aliphatic imine (C=N–C) groups is 1. The first-order chi connectivity index (χ1) is 10.3. The summed E-state index contributed by atoms with van der Waals surface area (Å²) in [6.07, 6.45) is 0.464. The number of ether oxygens (including phenoxy) is 1. The smallest absolute Gasteiger partial charge is 0.228 e. The Morgan fingerprint density at radius 3 is 3.14 bits per heavy atom. The summed E-state index contributed by atoms with van der Waals surface area (Å²) in [5, 5.41) is 8.04. The van der Waals surface area contributed by atoms with Crippen LogP contribution in [0.1, 0.15) is 11.1 Å². The van der Waals surface area contributed by atoms with Crippen LogP contribution in [0.5, 0.6) is 0 Å². The lowest BCUT2D eigenvalue weighted by Crippen LogP contribution is -2.25. The van der Waals surface area contributed by atoms with E-state index in [-0.39, 0.29) is 5.91 Å². The van der Waals surface area contributed by atoms with Gasteiger partial charge in [0.15, 0.2) is 5.17 Å². The van der Waals surface area contributed by atoms with Crippen LogP contribution in [0, 0.1) is 0 Å². The average molecular weight is 304 g/mol. The summed E-state index contributed by atoms with van der Waals surface area (Å²) in [7, 11) is 1.66. The number of hydrogen-bond acceptors (Lipinski definition) is 5. The Morgan fingerprint density at radius 1 is 1.48 bits per heavy atom. The van der Waals surface area contributed by atoms with Crippen molar-refractivity contribution in [2.45, 2.75) is 6.42 Å². The van der Waals surface area contributed by atoms with Gasteiger partial charge in [0.1, 0.15) is 0 Å². The summed E-state index contributed by atoms with van der Waals surface area (Å²) in [4.78, 5) is 15.7. The number of nitrogens with one attached hydrogen (secondary N) is 2. The van der Waals surface area contributed by atoms with E-state index < -0.39 is 0 Å². The summed E-state index contributed by atoms with van der Waals surface area (Å²) in [5.74, 6) is 0.804. The lowest BCUT2D eigenvalue weighted by Gasteiger charge is -2.15. The first kappa shape index (κ1) is 14.1. The van der Waals surface area contributed by atoms with Crippen LogP contribution in [0.2, 0.25) is 0 Å². The van der Waals surface area contributed by atoms with Gasteiger partial charge >= 0.3 is 0 Å². The van der Waals surface area contributed by atoms with E-state index in [1.165, 1.54) is 0 Å². The van der Waals surface area contributed by atoms with Crippen molar-refractivity contribution in [3.8, 4) is 0 Å². The van der Waals surface area contributed by atoms with Gasteiger partial charge in [-0.15, -0.1) is 0 Å². The van der Waals surface area contributed by atoms with E-state index >= 15 is 0 Å². The Kier molecular flexibility index (Phi) is 4.21. The topological polar surface area (TPSA) is 75.1 Å². The molecule has 7 heteroatoms. The molecule has 0 radical (unpaired) electrons. The molecule has 0 aliphatic carbocycles. The van der Waals surface area contributed by atoms with Crippen molar-refractivity contribution in [1.82, 2.24) is 5.43 Å². The highest BCUT2D eigenvalue weighted by molar-refractivity contribution is 8.14. The van der Waals surface area contributed by atoms with Crippen LogP contribution in [0.3, 0.4) is 0 Å². The number of amides is 1. The number of anilines is 1. The van der Waals surface area contributed by atoms with E-state index in [0.29, 0.717) is 19.6 Å². The van der Waals surface area contributed by atoms with Crippen LogP contribution in [0.25, 0.3) is 0 Å². The SMILES string of the molecule is COCCN=C1NN=C(c2ccc3c(c2)NC(=O)C3)CS1. The highest BCUT2D eigenvalue weighted by atomic mass is 32.2. The number of nitrogens with zero attached hydrogens (tertiary/aromatic N) is 2. The summed E-state index contributed by atoms with van der Waals surface area (Å²) >= 11 is 1.62. The molecule has 2 aliphatic heterocycles. The number of hydrazone groups is 1. The maximum atomic E-state index is 11.4. The van der Waals surface area contributed by atoms with Crippen LogP contribution in [0.4, 0.5) is 5.69 Å². The second-order valence-electron chi connectivity index (χ2n) is 4.74. The summed E-state index contributed by atoms with van der Waals surface area (Å²) in [6, 6.07) is 5.97. The summed E-state index contributed by atoms with van der Waals surface area (Å²) in [5.41, 5.74) is 6.87. The van der Waals surface area contributed by atoms with Crippen LogP contribution in [0.15, 0.2) is 28.3 Å². The molecule has 0 bridgehead atoms. The molecule has 0 atom stereocenters. The fraction of sp³-hybridized carbons (Fsp3) is 0.357. The third-order valence-electron chi connectivity index (χ3n) is 3.25. The van der Waals surface area contributed by atoms with E-state index in [2.05, 4.69) is 20.8 Å². The monoisotopic (exact) mass is 304 g/mol. The summed E-state index contributed by atoms with van der Waals surface area (Å²) in [6.45, 7) is 1.23. The normalized spacial score (nSPS) is 19.0. The molecule has 1 aromatic carbocycles. The van der Waals surface area contributed by atoms with Crippen molar-refractivity contribution in [1.29, 1.82) is 0 Å². The molecule has 21 heavy (non-hydrogen) atoms. The minimum Gasteiger partial charge on any atom is -0.383 e. The molecule has 0 saturated heterocycles. The quantitative estimate of drug-likeness (QED) is 0.820. The number of carbonyl (C=O) groups excluding carboxylic acids is 1. The molecule has 6 nitrogen and oxygen atoms in total. The molecule has 2 heterocycles. The van der Waals surface area contributed by atoms with E-state index in [0.717, 1.165) is 33.4 Å². The van der Waals surface area contributed by atoms with Gasteiger partial charge in [0.25, 0.3) is 0 Å². The molecule has 0 fully saturated rings. The average Bonchev–Trinajstić information content (AvgIpc) is 2.87. The highest BCUT2D eigenvalue weighted by Gasteiger charge is 2.19. The fourth-order valence-electron chi connectivity index (χ4n) is 2.18. The van der Waals surface area contributed by atoms with Gasteiger partial charge in [0.2, 0.25) is 5.91 Å². The van der Waals surface area contributed by atoms with Gasteiger partial charge in [-0.2, -0.15) is 5.10 Å². The number of rotatable bonds is 4. The second-order valence-corrected chi connectivity index (χ2v) is 5.70. The number of thioether (sulfide) groups is 1. The maximum absolute atomic E-state index is 11.4. The number of carbonyl (C=O) groups is 1. The van der Waals surface area contributed by atoms with Crippen molar-refractivity contribution in [3.05, 3.63) is 29.3 Å². The lowest BCUT2D eigenvalue weighted by atomic mass is 10.1. The van der Waals surface area contributed by atoms with Gasteiger partial charge < -0.3 is 10.1 Å². The lowest BCUT2D eigenvalue weighted by molar-refractivity contribution is -0.115. The Hall–Kier alpha value is -1.86. The molecule has 0 unspecified atom stereocenters. The molecule has 2 aliphatic rings. The molecular formula is C14H16N4O2S. The van der Waals surface area contributed by atoms with Gasteiger partial charge in [-0.1, -0.05) is 23.9 Å². The molecular weight excluding hydrogens is 288 g/mol. The van der Waals surface area contributed by atoms with Crippen molar-refractivity contribution in [3.63, 3.8) is 0 Å². The number of benzene rings is 1. The van der Waals surface area contributed by atoms with Gasteiger partial charge in [0.05, 0.1) is 25.3 Å². The zero-order valence-corrected chi connectivity index (χ0v) is 12.5. The molecule has 0 saturated carbocycles. The number of fused-ring (bicyclic) bond motifs is 1. The molecule has 110 valence electrons. The molecule has 2 N–H and O–H groups in total.